The lowest BCUT2D eigenvalue weighted by atomic mass is 9.81. The van der Waals surface area contributed by atoms with E-state index in [2.05, 4.69) is 4.98 Å². The Balaban J connectivity index is 1.46. The van der Waals surface area contributed by atoms with Crippen LogP contribution in [0.4, 0.5) is 8.78 Å². The van der Waals surface area contributed by atoms with Gasteiger partial charge in [-0.3, -0.25) is 4.57 Å². The molecule has 45 heavy (non-hydrogen) atoms. The van der Waals surface area contributed by atoms with Gasteiger partial charge < -0.3 is 9.22 Å². The number of benzene rings is 3. The van der Waals surface area contributed by atoms with Crippen molar-refractivity contribution in [1.82, 2.24) is 13.9 Å². The second-order valence-electron chi connectivity index (χ2n) is 12.5. The number of hydrogen-bond acceptors (Lipinski definition) is 5. The van der Waals surface area contributed by atoms with Gasteiger partial charge in [-0.2, -0.15) is 4.31 Å². The van der Waals surface area contributed by atoms with Crippen LogP contribution in [0.1, 0.15) is 30.7 Å². The van der Waals surface area contributed by atoms with Gasteiger partial charge in [0.05, 0.1) is 63.2 Å². The van der Waals surface area contributed by atoms with Gasteiger partial charge in [-0.25, -0.2) is 22.2 Å². The molecule has 240 valence electrons. The number of quaternary nitrogens is 1. The molecule has 1 aliphatic rings. The Hall–Kier alpha value is -2.67. The van der Waals surface area contributed by atoms with Crippen molar-refractivity contribution in [3.8, 4) is 11.4 Å². The molecule has 3 aromatic carbocycles. The molecule has 0 saturated carbocycles. The third-order valence-corrected chi connectivity index (χ3v) is 11.8. The van der Waals surface area contributed by atoms with Crippen LogP contribution in [0.25, 0.3) is 5.69 Å². The van der Waals surface area contributed by atoms with Crippen molar-refractivity contribution in [1.29, 1.82) is 0 Å². The first-order chi connectivity index (χ1) is 21.0. The highest BCUT2D eigenvalue weighted by Crippen LogP contribution is 2.40. The number of methoxy groups -OCH3 is 1. The fourth-order valence-electron chi connectivity index (χ4n) is 5.17. The first kappa shape index (κ1) is 33.7. The summed E-state index contributed by atoms with van der Waals surface area (Å²) in [5.74, 6) is -0.495. The molecule has 1 aromatic heterocycles. The van der Waals surface area contributed by atoms with Gasteiger partial charge >= 0.3 is 0 Å². The molecule has 0 radical (unpaired) electrons. The van der Waals surface area contributed by atoms with Crippen LogP contribution in [0, 0.1) is 11.6 Å². The summed E-state index contributed by atoms with van der Waals surface area (Å²) < 4.78 is 65.2. The molecule has 2 heterocycles. The summed E-state index contributed by atoms with van der Waals surface area (Å²) in [5.41, 5.74) is 1.90. The standard InChI is InChI=1S/C32H35Cl2F2N4O3S2/c1-32(2,20-7-12-26(33)29(13-20)43-6)30-16-37-31(39(30)22-10-8-21(35)9-11-22)44-19-25-27(34)14-24(15-28(25)36)45(41,42)38-17-23(18-38)40(3,4)5/h7-16,23H,17-19H2,1-6H3/q+1. The van der Waals surface area contributed by atoms with E-state index < -0.39 is 21.3 Å². The number of likely N-dealkylation sites (N-methyl/N-ethyl adjacent to an activating group) is 1. The summed E-state index contributed by atoms with van der Waals surface area (Å²) in [5, 5.41) is 1.01. The van der Waals surface area contributed by atoms with Crippen molar-refractivity contribution in [3.05, 3.63) is 99.3 Å². The van der Waals surface area contributed by atoms with Gasteiger partial charge in [0.25, 0.3) is 0 Å². The van der Waals surface area contributed by atoms with E-state index in [1.807, 2.05) is 51.7 Å². The molecule has 0 N–H and O–H groups in total. The van der Waals surface area contributed by atoms with Crippen LogP contribution in [0.5, 0.6) is 5.75 Å². The molecule has 0 bridgehead atoms. The molecule has 0 amide bonds. The van der Waals surface area contributed by atoms with Gasteiger partial charge in [0.2, 0.25) is 10.0 Å². The zero-order chi connectivity index (χ0) is 32.9. The Labute approximate surface area is 277 Å². The lowest BCUT2D eigenvalue weighted by Gasteiger charge is -2.45. The summed E-state index contributed by atoms with van der Waals surface area (Å²) in [6.07, 6.45) is 1.73. The number of ether oxygens (including phenoxy) is 1. The molecule has 0 unspecified atom stereocenters. The summed E-state index contributed by atoms with van der Waals surface area (Å²) in [6, 6.07) is 14.1. The maximum Gasteiger partial charge on any atom is 0.243 e. The Kier molecular flexibility index (Phi) is 9.36. The van der Waals surface area contributed by atoms with Gasteiger partial charge in [-0.1, -0.05) is 54.9 Å². The third kappa shape index (κ3) is 6.61. The molecule has 0 spiro atoms. The second-order valence-corrected chi connectivity index (χ2v) is 16.2. The van der Waals surface area contributed by atoms with Gasteiger partial charge in [0, 0.05) is 27.4 Å². The molecule has 4 aromatic rings. The molecule has 7 nitrogen and oxygen atoms in total. The van der Waals surface area contributed by atoms with E-state index in [9.17, 15) is 12.8 Å². The number of halogens is 4. The van der Waals surface area contributed by atoms with Gasteiger partial charge in [-0.05, 0) is 54.1 Å². The predicted octanol–water partition coefficient (Wildman–Crippen LogP) is 7.16. The Morgan fingerprint density at radius 2 is 1.69 bits per heavy atom. The van der Waals surface area contributed by atoms with Crippen molar-refractivity contribution in [3.63, 3.8) is 0 Å². The Morgan fingerprint density at radius 3 is 2.29 bits per heavy atom. The van der Waals surface area contributed by atoms with Gasteiger partial charge in [0.15, 0.2) is 5.16 Å². The van der Waals surface area contributed by atoms with Crippen molar-refractivity contribution < 1.29 is 26.4 Å². The average Bonchev–Trinajstić information content (AvgIpc) is 3.36. The fourth-order valence-corrected chi connectivity index (χ4v) is 8.36. The highest BCUT2D eigenvalue weighted by Gasteiger charge is 2.44. The second kappa shape index (κ2) is 12.5. The van der Waals surface area contributed by atoms with Crippen LogP contribution >= 0.6 is 35.0 Å². The number of aromatic nitrogens is 2. The minimum atomic E-state index is -3.89. The zero-order valence-electron chi connectivity index (χ0n) is 25.8. The minimum Gasteiger partial charge on any atom is -0.495 e. The minimum absolute atomic E-state index is 0.0125. The first-order valence-electron chi connectivity index (χ1n) is 14.1. The number of thioether (sulfide) groups is 1. The van der Waals surface area contributed by atoms with Crippen LogP contribution < -0.4 is 4.74 Å². The van der Waals surface area contributed by atoms with Gasteiger partial charge in [-0.15, -0.1) is 0 Å². The number of sulfonamides is 1. The SMILES string of the molecule is COc1cc(C(C)(C)c2cnc(SCc3c(F)cc(S(=O)(=O)N4CC([N+](C)(C)C)C4)cc3Cl)n2-c2ccc(F)cc2)ccc1Cl. The van der Waals surface area contributed by atoms with E-state index in [1.165, 1.54) is 34.3 Å². The van der Waals surface area contributed by atoms with Crippen LogP contribution in [0.3, 0.4) is 0 Å². The lowest BCUT2D eigenvalue weighted by Crippen LogP contribution is -2.65. The molecule has 1 saturated heterocycles. The maximum atomic E-state index is 15.5. The van der Waals surface area contributed by atoms with E-state index in [0.29, 0.717) is 39.2 Å². The molecule has 1 aliphatic heterocycles. The first-order valence-corrected chi connectivity index (χ1v) is 17.3. The predicted molar refractivity (Wildman–Crippen MR) is 175 cm³/mol. The Morgan fingerprint density at radius 1 is 1.02 bits per heavy atom. The van der Waals surface area contributed by atoms with Crippen LogP contribution in [-0.4, -0.2) is 74.1 Å². The highest BCUT2D eigenvalue weighted by atomic mass is 35.5. The van der Waals surface area contributed by atoms with Crippen LogP contribution in [-0.2, 0) is 21.2 Å². The fraction of sp³-hybridized carbons (Fsp3) is 0.344. The summed E-state index contributed by atoms with van der Waals surface area (Å²) in [6.45, 7) is 4.77. The van der Waals surface area contributed by atoms with Crippen LogP contribution in [0.2, 0.25) is 10.0 Å². The van der Waals surface area contributed by atoms with Crippen molar-refractivity contribution in [2.24, 2.45) is 0 Å². The number of nitrogens with zero attached hydrogens (tertiary/aromatic N) is 4. The number of hydrogen-bond donors (Lipinski definition) is 0. The quantitative estimate of drug-likeness (QED) is 0.130. The van der Waals surface area contributed by atoms with E-state index in [-0.39, 0.29) is 33.1 Å². The van der Waals surface area contributed by atoms with E-state index in [4.69, 9.17) is 27.9 Å². The molecule has 0 aliphatic carbocycles. The highest BCUT2D eigenvalue weighted by molar-refractivity contribution is 7.98. The third-order valence-electron chi connectivity index (χ3n) is 8.35. The van der Waals surface area contributed by atoms with E-state index in [0.717, 1.165) is 17.3 Å². The summed E-state index contributed by atoms with van der Waals surface area (Å²) >= 11 is 14.0. The largest absolute Gasteiger partial charge is 0.495 e. The molecular weight excluding hydrogens is 661 g/mol. The summed E-state index contributed by atoms with van der Waals surface area (Å²) in [7, 11) is 3.70. The maximum absolute atomic E-state index is 15.5. The van der Waals surface area contributed by atoms with Gasteiger partial charge in [0.1, 0.15) is 23.4 Å². The van der Waals surface area contributed by atoms with E-state index >= 15 is 4.39 Å². The number of imidazole rings is 1. The Bertz CT molecular complexity index is 1810. The normalized spacial score (nSPS) is 14.9. The molecule has 1 fully saturated rings. The van der Waals surface area contributed by atoms with Crippen molar-refractivity contribution in [2.45, 2.75) is 41.1 Å². The molecule has 0 atom stereocenters. The van der Waals surface area contributed by atoms with E-state index in [1.54, 1.807) is 31.5 Å². The topological polar surface area (TPSA) is 64.4 Å². The average molecular weight is 697 g/mol. The van der Waals surface area contributed by atoms with Crippen molar-refractivity contribution >= 4 is 45.0 Å². The van der Waals surface area contributed by atoms with Crippen LogP contribution in [0.15, 0.2) is 70.8 Å². The molecule has 5 rings (SSSR count). The smallest absolute Gasteiger partial charge is 0.243 e. The number of rotatable bonds is 10. The van der Waals surface area contributed by atoms with Crippen molar-refractivity contribution in [2.75, 3.05) is 41.3 Å². The molecular formula is C32H35Cl2F2N4O3S2+. The summed E-state index contributed by atoms with van der Waals surface area (Å²) in [4.78, 5) is 4.50. The zero-order valence-corrected chi connectivity index (χ0v) is 29.0. The monoisotopic (exact) mass is 695 g/mol. The lowest BCUT2D eigenvalue weighted by molar-refractivity contribution is -0.900. The molecule has 13 heteroatoms.